The van der Waals surface area contributed by atoms with Gasteiger partial charge in [-0.3, -0.25) is 4.79 Å². The Morgan fingerprint density at radius 3 is 2.48 bits per heavy atom. The number of aromatic carboxylic acids is 1. The van der Waals surface area contributed by atoms with Crippen molar-refractivity contribution in [1.29, 1.82) is 0 Å². The predicted molar refractivity (Wildman–Crippen MR) is 92.1 cm³/mol. The Bertz CT molecular complexity index is 800. The van der Waals surface area contributed by atoms with Gasteiger partial charge in [-0.25, -0.2) is 4.79 Å². The second-order valence-corrected chi connectivity index (χ2v) is 5.64. The first-order valence-electron chi connectivity index (χ1n) is 6.65. The normalized spacial score (nSPS) is 11.2. The monoisotopic (exact) mass is 349 g/mol. The average Bonchev–Trinajstić information content (AvgIpc) is 2.50. The van der Waals surface area contributed by atoms with Crippen LogP contribution in [0.2, 0.25) is 10.0 Å². The van der Waals surface area contributed by atoms with E-state index in [4.69, 9.17) is 28.3 Å². The van der Waals surface area contributed by atoms with Crippen molar-refractivity contribution in [1.82, 2.24) is 0 Å². The van der Waals surface area contributed by atoms with Crippen LogP contribution in [0.15, 0.2) is 48.0 Å². The van der Waals surface area contributed by atoms with Crippen molar-refractivity contribution >= 4 is 46.8 Å². The number of carboxylic acids is 1. The molecule has 0 fully saturated rings. The molecule has 0 unspecified atom stereocenters. The quantitative estimate of drug-likeness (QED) is 0.783. The van der Waals surface area contributed by atoms with Gasteiger partial charge in [0.2, 0.25) is 0 Å². The van der Waals surface area contributed by atoms with Gasteiger partial charge in [0, 0.05) is 15.6 Å². The summed E-state index contributed by atoms with van der Waals surface area (Å²) in [6.07, 6.45) is 1.61. The van der Waals surface area contributed by atoms with E-state index in [2.05, 4.69) is 5.32 Å². The Morgan fingerprint density at radius 1 is 1.13 bits per heavy atom. The Hall–Kier alpha value is -2.30. The highest BCUT2D eigenvalue weighted by Gasteiger charge is 2.13. The third-order valence-electron chi connectivity index (χ3n) is 3.10. The van der Waals surface area contributed by atoms with E-state index in [0.29, 0.717) is 21.2 Å². The lowest BCUT2D eigenvalue weighted by Gasteiger charge is -2.09. The van der Waals surface area contributed by atoms with E-state index in [9.17, 15) is 9.59 Å². The van der Waals surface area contributed by atoms with E-state index in [0.717, 1.165) is 0 Å². The molecule has 2 aromatic carbocycles. The number of benzene rings is 2. The standard InChI is InChI=1S/C17H13Cl2NO3/c1-10(8-11-6-7-12(18)9-14(11)19)16(21)20-15-5-3-2-4-13(15)17(22)23/h2-9H,1H3,(H,20,21)(H,22,23)/b10-8+. The topological polar surface area (TPSA) is 66.4 Å². The first kappa shape index (κ1) is 17.1. The molecule has 4 nitrogen and oxygen atoms in total. The second-order valence-electron chi connectivity index (χ2n) is 4.80. The summed E-state index contributed by atoms with van der Waals surface area (Å²) in [5.41, 5.74) is 1.29. The molecule has 0 radical (unpaired) electrons. The third kappa shape index (κ3) is 4.34. The number of hydrogen-bond donors (Lipinski definition) is 2. The van der Waals surface area contributed by atoms with Crippen molar-refractivity contribution in [2.24, 2.45) is 0 Å². The summed E-state index contributed by atoms with van der Waals surface area (Å²) >= 11 is 11.9. The Morgan fingerprint density at radius 2 is 1.83 bits per heavy atom. The van der Waals surface area contributed by atoms with Gasteiger partial charge in [0.05, 0.1) is 11.3 Å². The van der Waals surface area contributed by atoms with Crippen molar-refractivity contribution in [3.05, 3.63) is 69.2 Å². The minimum Gasteiger partial charge on any atom is -0.478 e. The summed E-state index contributed by atoms with van der Waals surface area (Å²) in [4.78, 5) is 23.4. The molecule has 2 aromatic rings. The van der Waals surface area contributed by atoms with Gasteiger partial charge in [-0.2, -0.15) is 0 Å². The van der Waals surface area contributed by atoms with E-state index in [-0.39, 0.29) is 11.3 Å². The summed E-state index contributed by atoms with van der Waals surface area (Å²) in [6, 6.07) is 11.2. The van der Waals surface area contributed by atoms with E-state index in [1.165, 1.54) is 12.1 Å². The molecule has 0 saturated carbocycles. The van der Waals surface area contributed by atoms with Crippen LogP contribution in [0.4, 0.5) is 5.69 Å². The van der Waals surface area contributed by atoms with Crippen molar-refractivity contribution < 1.29 is 14.7 Å². The molecule has 0 bridgehead atoms. The molecule has 0 aliphatic rings. The van der Waals surface area contributed by atoms with Crippen molar-refractivity contribution in [2.75, 3.05) is 5.32 Å². The Labute approximate surface area is 143 Å². The maximum atomic E-state index is 12.2. The molecular weight excluding hydrogens is 337 g/mol. The van der Waals surface area contributed by atoms with Gasteiger partial charge in [0.15, 0.2) is 0 Å². The Kier molecular flexibility index (Phi) is 5.42. The first-order chi connectivity index (χ1) is 10.9. The van der Waals surface area contributed by atoms with Crippen LogP contribution in [0.3, 0.4) is 0 Å². The molecule has 0 aromatic heterocycles. The van der Waals surface area contributed by atoms with Gasteiger partial charge in [-0.05, 0) is 42.8 Å². The minimum absolute atomic E-state index is 0.0261. The van der Waals surface area contributed by atoms with Gasteiger partial charge in [0.1, 0.15) is 0 Å². The van der Waals surface area contributed by atoms with E-state index < -0.39 is 11.9 Å². The number of carbonyl (C=O) groups is 2. The van der Waals surface area contributed by atoms with Gasteiger partial charge >= 0.3 is 5.97 Å². The van der Waals surface area contributed by atoms with Crippen LogP contribution in [0, 0.1) is 0 Å². The third-order valence-corrected chi connectivity index (χ3v) is 3.66. The van der Waals surface area contributed by atoms with Crippen molar-refractivity contribution in [2.45, 2.75) is 6.92 Å². The molecule has 0 aliphatic heterocycles. The number of anilines is 1. The zero-order chi connectivity index (χ0) is 17.0. The highest BCUT2D eigenvalue weighted by atomic mass is 35.5. The summed E-state index contributed by atoms with van der Waals surface area (Å²) < 4.78 is 0. The van der Waals surface area contributed by atoms with Gasteiger partial charge < -0.3 is 10.4 Å². The molecule has 1 amide bonds. The zero-order valence-electron chi connectivity index (χ0n) is 12.1. The highest BCUT2D eigenvalue weighted by molar-refractivity contribution is 6.35. The van der Waals surface area contributed by atoms with E-state index in [1.54, 1.807) is 43.3 Å². The van der Waals surface area contributed by atoms with Crippen LogP contribution < -0.4 is 5.32 Å². The lowest BCUT2D eigenvalue weighted by Crippen LogP contribution is -2.15. The maximum absolute atomic E-state index is 12.2. The van der Waals surface area contributed by atoms with Gasteiger partial charge in [-0.1, -0.05) is 41.4 Å². The van der Waals surface area contributed by atoms with Crippen LogP contribution >= 0.6 is 23.2 Å². The number of nitrogens with one attached hydrogen (secondary N) is 1. The summed E-state index contributed by atoms with van der Waals surface area (Å²) in [6.45, 7) is 1.61. The van der Waals surface area contributed by atoms with Crippen LogP contribution in [0.1, 0.15) is 22.8 Å². The molecule has 0 saturated heterocycles. The number of hydrogen-bond acceptors (Lipinski definition) is 2. The number of amides is 1. The van der Waals surface area contributed by atoms with Crippen LogP contribution in [0.5, 0.6) is 0 Å². The highest BCUT2D eigenvalue weighted by Crippen LogP contribution is 2.23. The van der Waals surface area contributed by atoms with Crippen LogP contribution in [-0.2, 0) is 4.79 Å². The largest absolute Gasteiger partial charge is 0.478 e. The molecule has 118 valence electrons. The smallest absolute Gasteiger partial charge is 0.337 e. The molecule has 6 heteroatoms. The SMILES string of the molecule is C/C(=C\c1ccc(Cl)cc1Cl)C(=O)Nc1ccccc1C(=O)O. The van der Waals surface area contributed by atoms with Crippen LogP contribution in [0.25, 0.3) is 6.08 Å². The fourth-order valence-corrected chi connectivity index (χ4v) is 2.38. The predicted octanol–water partition coefficient (Wildman–Crippen LogP) is 4.73. The molecule has 0 heterocycles. The van der Waals surface area contributed by atoms with Crippen molar-refractivity contribution in [3.63, 3.8) is 0 Å². The van der Waals surface area contributed by atoms with Crippen molar-refractivity contribution in [3.8, 4) is 0 Å². The molecule has 2 N–H and O–H groups in total. The average molecular weight is 350 g/mol. The van der Waals surface area contributed by atoms with Gasteiger partial charge in [0.25, 0.3) is 5.91 Å². The molecule has 23 heavy (non-hydrogen) atoms. The summed E-state index contributed by atoms with van der Waals surface area (Å²) in [5, 5.41) is 12.6. The molecule has 2 rings (SSSR count). The maximum Gasteiger partial charge on any atom is 0.337 e. The second kappa shape index (κ2) is 7.31. The molecule has 0 atom stereocenters. The molecule has 0 aliphatic carbocycles. The fourth-order valence-electron chi connectivity index (χ4n) is 1.92. The first-order valence-corrected chi connectivity index (χ1v) is 7.41. The van der Waals surface area contributed by atoms with E-state index >= 15 is 0 Å². The van der Waals surface area contributed by atoms with E-state index in [1.807, 2.05) is 0 Å². The fraction of sp³-hybridized carbons (Fsp3) is 0.0588. The number of rotatable bonds is 4. The molecule has 0 spiro atoms. The summed E-state index contributed by atoms with van der Waals surface area (Å²) in [7, 11) is 0. The Balaban J connectivity index is 2.24. The number of carbonyl (C=O) groups excluding carboxylic acids is 1. The van der Waals surface area contributed by atoms with Crippen LogP contribution in [-0.4, -0.2) is 17.0 Å². The number of halogens is 2. The van der Waals surface area contributed by atoms with Gasteiger partial charge in [-0.15, -0.1) is 0 Å². The number of carboxylic acid groups (broad SMARTS) is 1. The minimum atomic E-state index is -1.11. The lowest BCUT2D eigenvalue weighted by molar-refractivity contribution is -0.112. The zero-order valence-corrected chi connectivity index (χ0v) is 13.7. The molecular formula is C17H13Cl2NO3. The summed E-state index contributed by atoms with van der Waals surface area (Å²) in [5.74, 6) is -1.52. The lowest BCUT2D eigenvalue weighted by atomic mass is 10.1. The number of para-hydroxylation sites is 1.